The summed E-state index contributed by atoms with van der Waals surface area (Å²) in [6.07, 6.45) is 10.5. The van der Waals surface area contributed by atoms with Crippen LogP contribution in [0.5, 0.6) is 0 Å². The Hall–Kier alpha value is 0. The van der Waals surface area contributed by atoms with Gasteiger partial charge >= 0.3 is 0 Å². The lowest BCUT2D eigenvalue weighted by atomic mass is 9.89. The van der Waals surface area contributed by atoms with Gasteiger partial charge in [-0.05, 0) is 18.3 Å². The first-order chi connectivity index (χ1) is 5.56. The highest BCUT2D eigenvalue weighted by atomic mass is 14.1. The van der Waals surface area contributed by atoms with Gasteiger partial charge in [0.15, 0.2) is 0 Å². The highest BCUT2D eigenvalue weighted by Crippen LogP contribution is 2.22. The highest BCUT2D eigenvalue weighted by molar-refractivity contribution is 4.67. The van der Waals surface area contributed by atoms with Crippen molar-refractivity contribution in [2.75, 3.05) is 0 Å². The first-order valence-corrected chi connectivity index (χ1v) is 5.38. The molecule has 0 saturated carbocycles. The van der Waals surface area contributed by atoms with E-state index >= 15 is 0 Å². The average Bonchev–Trinajstić information content (AvgIpc) is 1.94. The second-order valence-corrected chi connectivity index (χ2v) is 4.88. The van der Waals surface area contributed by atoms with E-state index in [1.165, 1.54) is 38.5 Å². The maximum Gasteiger partial charge on any atom is -0.0383 e. The van der Waals surface area contributed by atoms with Gasteiger partial charge < -0.3 is 0 Å². The summed E-state index contributed by atoms with van der Waals surface area (Å²) in [6, 6.07) is 0. The fraction of sp³-hybridized carbons (Fsp3) is 0.917. The Balaban J connectivity index is 3.01. The Bertz CT molecular complexity index is 86.7. The van der Waals surface area contributed by atoms with Gasteiger partial charge in [-0.3, -0.25) is 0 Å². The molecule has 0 unspecified atom stereocenters. The highest BCUT2D eigenvalue weighted by Gasteiger charge is 2.08. The second kappa shape index (κ2) is 6.51. The Labute approximate surface area is 78.8 Å². The van der Waals surface area contributed by atoms with Crippen LogP contribution in [0.25, 0.3) is 0 Å². The van der Waals surface area contributed by atoms with Gasteiger partial charge in [0.05, 0.1) is 0 Å². The van der Waals surface area contributed by atoms with Gasteiger partial charge in [-0.2, -0.15) is 0 Å². The van der Waals surface area contributed by atoms with Crippen molar-refractivity contribution in [2.24, 2.45) is 5.41 Å². The first kappa shape index (κ1) is 12.0. The predicted molar refractivity (Wildman–Crippen MR) is 57.1 cm³/mol. The molecule has 0 aromatic rings. The summed E-state index contributed by atoms with van der Waals surface area (Å²) in [5.74, 6) is 0. The van der Waals surface area contributed by atoms with Gasteiger partial charge in [0.25, 0.3) is 0 Å². The molecule has 0 aliphatic rings. The number of rotatable bonds is 6. The predicted octanol–water partition coefficient (Wildman–Crippen LogP) is 4.60. The van der Waals surface area contributed by atoms with Crippen molar-refractivity contribution in [2.45, 2.75) is 66.2 Å². The van der Waals surface area contributed by atoms with Crippen molar-refractivity contribution in [3.63, 3.8) is 0 Å². The molecule has 0 amide bonds. The Morgan fingerprint density at radius 1 is 1.00 bits per heavy atom. The van der Waals surface area contributed by atoms with E-state index in [4.69, 9.17) is 0 Å². The molecule has 0 aromatic heterocycles. The Morgan fingerprint density at radius 3 is 2.08 bits per heavy atom. The summed E-state index contributed by atoms with van der Waals surface area (Å²) >= 11 is 0. The summed E-state index contributed by atoms with van der Waals surface area (Å²) in [7, 11) is 0. The third-order valence-corrected chi connectivity index (χ3v) is 2.10. The Morgan fingerprint density at radius 2 is 1.58 bits per heavy atom. The molecular formula is C12H25. The third-order valence-electron chi connectivity index (χ3n) is 2.10. The molecule has 1 radical (unpaired) electrons. The standard InChI is InChI=1S/C12H25/c1-5-6-7-8-9-10-11-12(2,3)4/h8H,5-7,9-11H2,1-4H3. The van der Waals surface area contributed by atoms with Crippen LogP contribution in [0.2, 0.25) is 0 Å². The minimum atomic E-state index is 0.526. The molecule has 0 aromatic carbocycles. The summed E-state index contributed by atoms with van der Waals surface area (Å²) < 4.78 is 0. The zero-order valence-corrected chi connectivity index (χ0v) is 9.32. The summed E-state index contributed by atoms with van der Waals surface area (Å²) in [5.41, 5.74) is 0.526. The molecule has 0 nitrogen and oxygen atoms in total. The molecule has 73 valence electrons. The maximum atomic E-state index is 2.45. The molecule has 0 aliphatic heterocycles. The van der Waals surface area contributed by atoms with Crippen molar-refractivity contribution < 1.29 is 0 Å². The minimum absolute atomic E-state index is 0.526. The van der Waals surface area contributed by atoms with E-state index in [0.717, 1.165) is 0 Å². The average molecular weight is 169 g/mol. The van der Waals surface area contributed by atoms with Crippen LogP contribution in [-0.4, -0.2) is 0 Å². The first-order valence-electron chi connectivity index (χ1n) is 5.38. The van der Waals surface area contributed by atoms with Crippen molar-refractivity contribution >= 4 is 0 Å². The van der Waals surface area contributed by atoms with E-state index in [1.54, 1.807) is 0 Å². The summed E-state index contributed by atoms with van der Waals surface area (Å²) in [5, 5.41) is 0. The van der Waals surface area contributed by atoms with E-state index in [1.807, 2.05) is 0 Å². The molecule has 0 saturated heterocycles. The molecular weight excluding hydrogens is 144 g/mol. The molecule has 0 N–H and O–H groups in total. The van der Waals surface area contributed by atoms with E-state index < -0.39 is 0 Å². The third kappa shape index (κ3) is 10.0. The lowest BCUT2D eigenvalue weighted by molar-refractivity contribution is 0.364. The number of hydrogen-bond donors (Lipinski definition) is 0. The van der Waals surface area contributed by atoms with Crippen LogP contribution in [0.4, 0.5) is 0 Å². The van der Waals surface area contributed by atoms with Gasteiger partial charge in [-0.1, -0.05) is 59.8 Å². The molecule has 0 atom stereocenters. The molecule has 0 rings (SSSR count). The normalized spacial score (nSPS) is 12.0. The van der Waals surface area contributed by atoms with Gasteiger partial charge in [0, 0.05) is 0 Å². The molecule has 0 aliphatic carbocycles. The van der Waals surface area contributed by atoms with Crippen molar-refractivity contribution in [3.05, 3.63) is 6.42 Å². The van der Waals surface area contributed by atoms with Crippen molar-refractivity contribution in [1.29, 1.82) is 0 Å². The van der Waals surface area contributed by atoms with Crippen LogP contribution in [0.15, 0.2) is 0 Å². The smallest absolute Gasteiger partial charge is 0.0383 e. The van der Waals surface area contributed by atoms with Gasteiger partial charge in [0.2, 0.25) is 0 Å². The molecule has 0 heteroatoms. The van der Waals surface area contributed by atoms with Crippen LogP contribution >= 0.6 is 0 Å². The minimum Gasteiger partial charge on any atom is -0.0654 e. The molecule has 0 bridgehead atoms. The maximum absolute atomic E-state index is 2.45. The lowest BCUT2D eigenvalue weighted by Crippen LogP contribution is -2.03. The van der Waals surface area contributed by atoms with E-state index in [2.05, 4.69) is 34.1 Å². The Kier molecular flexibility index (Phi) is 6.51. The molecule has 12 heavy (non-hydrogen) atoms. The SMILES string of the molecule is CCCC[CH]CCCC(C)(C)C. The summed E-state index contributed by atoms with van der Waals surface area (Å²) in [6.45, 7) is 9.21. The quantitative estimate of drug-likeness (QED) is 0.510. The zero-order chi connectivity index (χ0) is 9.45. The van der Waals surface area contributed by atoms with Crippen LogP contribution < -0.4 is 0 Å². The van der Waals surface area contributed by atoms with Crippen LogP contribution in [0.1, 0.15) is 66.2 Å². The van der Waals surface area contributed by atoms with Crippen molar-refractivity contribution in [3.8, 4) is 0 Å². The molecule has 0 spiro atoms. The van der Waals surface area contributed by atoms with E-state index in [0.29, 0.717) is 5.41 Å². The lowest BCUT2D eigenvalue weighted by Gasteiger charge is -2.17. The van der Waals surface area contributed by atoms with Gasteiger partial charge in [0.1, 0.15) is 0 Å². The van der Waals surface area contributed by atoms with Gasteiger partial charge in [-0.15, -0.1) is 0 Å². The fourth-order valence-corrected chi connectivity index (χ4v) is 1.27. The molecule has 0 fully saturated rings. The van der Waals surface area contributed by atoms with Crippen LogP contribution in [-0.2, 0) is 0 Å². The van der Waals surface area contributed by atoms with E-state index in [-0.39, 0.29) is 0 Å². The topological polar surface area (TPSA) is 0 Å². The van der Waals surface area contributed by atoms with Crippen LogP contribution in [0.3, 0.4) is 0 Å². The van der Waals surface area contributed by atoms with E-state index in [9.17, 15) is 0 Å². The van der Waals surface area contributed by atoms with Crippen molar-refractivity contribution in [1.82, 2.24) is 0 Å². The fourth-order valence-electron chi connectivity index (χ4n) is 1.27. The summed E-state index contributed by atoms with van der Waals surface area (Å²) in [4.78, 5) is 0. The second-order valence-electron chi connectivity index (χ2n) is 4.88. The number of unbranched alkanes of at least 4 members (excludes halogenated alkanes) is 5. The largest absolute Gasteiger partial charge is 0.0654 e. The van der Waals surface area contributed by atoms with Crippen LogP contribution in [0, 0.1) is 11.8 Å². The monoisotopic (exact) mass is 169 g/mol. The van der Waals surface area contributed by atoms with Gasteiger partial charge in [-0.25, -0.2) is 0 Å². The number of hydrogen-bond acceptors (Lipinski definition) is 0. The zero-order valence-electron chi connectivity index (χ0n) is 9.32. The molecule has 0 heterocycles.